The normalized spacial score (nSPS) is 31.2. The first-order valence-electron chi connectivity index (χ1n) is 6.71. The van der Waals surface area contributed by atoms with Crippen LogP contribution in [-0.2, 0) is 0 Å². The van der Waals surface area contributed by atoms with Crippen LogP contribution in [0, 0.1) is 6.92 Å². The molecule has 3 rings (SSSR count). The molecule has 0 spiro atoms. The number of nitrogens with two attached hydrogens (primary N) is 1. The van der Waals surface area contributed by atoms with Crippen LogP contribution in [0.4, 0.5) is 10.5 Å². The van der Waals surface area contributed by atoms with Gasteiger partial charge >= 0.3 is 6.03 Å². The van der Waals surface area contributed by atoms with Gasteiger partial charge in [0.15, 0.2) is 0 Å². The molecule has 1 aromatic rings. The second-order valence-electron chi connectivity index (χ2n) is 5.57. The van der Waals surface area contributed by atoms with Crippen LogP contribution in [0.3, 0.4) is 0 Å². The molecule has 1 fully saturated rings. The number of nitrogens with one attached hydrogen (secondary N) is 1. The Balaban J connectivity index is 1.90. The van der Waals surface area contributed by atoms with Gasteiger partial charge in [-0.2, -0.15) is 0 Å². The number of hydrogen-bond donors (Lipinski definition) is 3. The third kappa shape index (κ3) is 1.96. The summed E-state index contributed by atoms with van der Waals surface area (Å²) in [7, 11) is 1.94. The van der Waals surface area contributed by atoms with Gasteiger partial charge in [-0.25, -0.2) is 4.79 Å². The van der Waals surface area contributed by atoms with Gasteiger partial charge < -0.3 is 25.8 Å². The Morgan fingerprint density at radius 3 is 3.00 bits per heavy atom. The third-order valence-corrected chi connectivity index (χ3v) is 4.18. The van der Waals surface area contributed by atoms with Crippen molar-refractivity contribution in [3.05, 3.63) is 23.8 Å². The number of aliphatic hydroxyl groups excluding tert-OH is 1. The molecule has 1 aliphatic heterocycles. The Kier molecular flexibility index (Phi) is 2.97. The van der Waals surface area contributed by atoms with E-state index in [1.165, 1.54) is 0 Å². The van der Waals surface area contributed by atoms with E-state index in [1.807, 2.05) is 37.1 Å². The fraction of sp³-hybridized carbons (Fsp3) is 0.500. The number of anilines is 1. The first-order valence-corrected chi connectivity index (χ1v) is 6.71. The summed E-state index contributed by atoms with van der Waals surface area (Å²) in [5.74, 6) is 0.811. The Morgan fingerprint density at radius 1 is 1.55 bits per heavy atom. The number of ether oxygens (including phenoxy) is 1. The summed E-state index contributed by atoms with van der Waals surface area (Å²) in [6.45, 7) is 2.02. The fourth-order valence-electron chi connectivity index (χ4n) is 3.24. The number of amides is 2. The monoisotopic (exact) mass is 277 g/mol. The molecule has 0 bridgehead atoms. The number of aryl methyl sites for hydroxylation is 1. The van der Waals surface area contributed by atoms with Gasteiger partial charge in [0.1, 0.15) is 11.9 Å². The van der Waals surface area contributed by atoms with Gasteiger partial charge in [-0.3, -0.25) is 0 Å². The maximum absolute atomic E-state index is 11.0. The second-order valence-corrected chi connectivity index (χ2v) is 5.57. The lowest BCUT2D eigenvalue weighted by Crippen LogP contribution is -2.52. The highest BCUT2D eigenvalue weighted by Gasteiger charge is 2.49. The molecule has 0 unspecified atom stereocenters. The Labute approximate surface area is 117 Å². The molecule has 1 heterocycles. The molecule has 1 aliphatic carbocycles. The van der Waals surface area contributed by atoms with Crippen molar-refractivity contribution in [2.24, 2.45) is 5.73 Å². The molecule has 1 aromatic carbocycles. The predicted molar refractivity (Wildman–Crippen MR) is 74.9 cm³/mol. The molecule has 2 aliphatic rings. The number of aliphatic hydroxyl groups is 1. The van der Waals surface area contributed by atoms with Gasteiger partial charge in [-0.15, -0.1) is 0 Å². The van der Waals surface area contributed by atoms with Gasteiger partial charge in [-0.1, -0.05) is 6.07 Å². The molecule has 0 radical (unpaired) electrons. The number of rotatable bonds is 1. The van der Waals surface area contributed by atoms with E-state index in [1.54, 1.807) is 0 Å². The van der Waals surface area contributed by atoms with Gasteiger partial charge in [0.2, 0.25) is 0 Å². The van der Waals surface area contributed by atoms with E-state index in [0.717, 1.165) is 17.0 Å². The molecule has 1 saturated carbocycles. The van der Waals surface area contributed by atoms with Crippen LogP contribution in [0.1, 0.15) is 12.0 Å². The van der Waals surface area contributed by atoms with Crippen LogP contribution >= 0.6 is 0 Å². The van der Waals surface area contributed by atoms with E-state index >= 15 is 0 Å². The molecule has 6 nitrogen and oxygen atoms in total. The number of carbonyl (C=O) groups excluding carboxylic acids is 1. The molecule has 20 heavy (non-hydrogen) atoms. The van der Waals surface area contributed by atoms with Crippen LogP contribution in [0.2, 0.25) is 0 Å². The number of fused-ring (bicyclic) bond motifs is 2. The predicted octanol–water partition coefficient (Wildman–Crippen LogP) is 0.362. The van der Waals surface area contributed by atoms with Crippen LogP contribution < -0.4 is 20.7 Å². The Morgan fingerprint density at radius 2 is 2.30 bits per heavy atom. The molecule has 2 amide bonds. The highest BCUT2D eigenvalue weighted by Crippen LogP contribution is 2.41. The molecular formula is C14H19N3O3. The van der Waals surface area contributed by atoms with Crippen LogP contribution in [0.25, 0.3) is 0 Å². The van der Waals surface area contributed by atoms with E-state index in [0.29, 0.717) is 6.42 Å². The summed E-state index contributed by atoms with van der Waals surface area (Å²) in [6.07, 6.45) is -0.305. The van der Waals surface area contributed by atoms with Gasteiger partial charge in [0.05, 0.1) is 23.9 Å². The number of urea groups is 1. The highest BCUT2D eigenvalue weighted by atomic mass is 16.5. The Hall–Kier alpha value is -1.95. The minimum Gasteiger partial charge on any atom is -0.486 e. The second kappa shape index (κ2) is 4.56. The lowest BCUT2D eigenvalue weighted by molar-refractivity contribution is 0.102. The fourth-order valence-corrected chi connectivity index (χ4v) is 3.24. The topological polar surface area (TPSA) is 87.8 Å². The molecule has 108 valence electrons. The zero-order valence-corrected chi connectivity index (χ0v) is 11.5. The van der Waals surface area contributed by atoms with E-state index in [2.05, 4.69) is 5.32 Å². The number of hydrogen-bond acceptors (Lipinski definition) is 4. The minimum atomic E-state index is -0.703. The third-order valence-electron chi connectivity index (χ3n) is 4.18. The van der Waals surface area contributed by atoms with E-state index in [9.17, 15) is 9.90 Å². The van der Waals surface area contributed by atoms with Crippen LogP contribution in [0.15, 0.2) is 18.2 Å². The van der Waals surface area contributed by atoms with E-state index in [-0.39, 0.29) is 18.2 Å². The van der Waals surface area contributed by atoms with Crippen LogP contribution in [-0.4, -0.2) is 42.5 Å². The molecular weight excluding hydrogens is 258 g/mol. The average Bonchev–Trinajstić information content (AvgIpc) is 2.67. The molecule has 4 atom stereocenters. The summed E-state index contributed by atoms with van der Waals surface area (Å²) in [4.78, 5) is 13.0. The maximum atomic E-state index is 11.0. The zero-order valence-electron chi connectivity index (χ0n) is 11.5. The summed E-state index contributed by atoms with van der Waals surface area (Å²) >= 11 is 0. The van der Waals surface area contributed by atoms with Crippen LogP contribution in [0.5, 0.6) is 5.75 Å². The number of benzene rings is 1. The highest BCUT2D eigenvalue weighted by molar-refractivity contribution is 5.72. The lowest BCUT2D eigenvalue weighted by Gasteiger charge is -2.39. The number of carbonyl (C=O) groups is 1. The van der Waals surface area contributed by atoms with Crippen molar-refractivity contribution in [3.63, 3.8) is 0 Å². The maximum Gasteiger partial charge on any atom is 0.312 e. The minimum absolute atomic E-state index is 0.151. The van der Waals surface area contributed by atoms with Gasteiger partial charge in [0.25, 0.3) is 0 Å². The molecule has 0 saturated heterocycles. The number of primary amides is 1. The average molecular weight is 277 g/mol. The van der Waals surface area contributed by atoms with Crippen molar-refractivity contribution >= 4 is 11.7 Å². The summed E-state index contributed by atoms with van der Waals surface area (Å²) in [5.41, 5.74) is 7.25. The quantitative estimate of drug-likeness (QED) is 0.691. The summed E-state index contributed by atoms with van der Waals surface area (Å²) in [6, 6.07) is 4.80. The van der Waals surface area contributed by atoms with Gasteiger partial charge in [0, 0.05) is 13.5 Å². The van der Waals surface area contributed by atoms with Gasteiger partial charge in [-0.05, 0) is 24.6 Å². The number of likely N-dealkylation sites (N-methyl/N-ethyl adjacent to an activating group) is 1. The van der Waals surface area contributed by atoms with Crippen molar-refractivity contribution in [1.29, 1.82) is 0 Å². The van der Waals surface area contributed by atoms with Crippen molar-refractivity contribution < 1.29 is 14.6 Å². The zero-order chi connectivity index (χ0) is 14.4. The number of nitrogens with zero attached hydrogens (tertiary/aromatic N) is 1. The van der Waals surface area contributed by atoms with Crippen molar-refractivity contribution in [2.45, 2.75) is 37.6 Å². The Bertz CT molecular complexity index is 548. The first kappa shape index (κ1) is 13.1. The van der Waals surface area contributed by atoms with Crippen molar-refractivity contribution in [2.75, 3.05) is 11.9 Å². The standard InChI is InChI=1S/C14H19N3O3/c1-7-3-4-10-9(5-7)17(2)12-11(20-10)6-8(13(12)18)16-14(15)19/h3-5,8,11-13,18H,6H2,1-2H3,(H3,15,16,19)/t8-,11-,12-,13-/m1/s1. The molecule has 0 aromatic heterocycles. The SMILES string of the molecule is Cc1ccc2c(c1)N(C)[C@H]1[C@H](O)[C@H](NC(N)=O)C[C@H]1O2. The first-order chi connectivity index (χ1) is 9.47. The van der Waals surface area contributed by atoms with Crippen molar-refractivity contribution in [1.82, 2.24) is 5.32 Å². The smallest absolute Gasteiger partial charge is 0.312 e. The van der Waals surface area contributed by atoms with E-state index in [4.69, 9.17) is 10.5 Å². The largest absolute Gasteiger partial charge is 0.486 e. The summed E-state index contributed by atoms with van der Waals surface area (Å²) < 4.78 is 5.97. The molecule has 6 heteroatoms. The lowest BCUT2D eigenvalue weighted by atomic mass is 10.1. The van der Waals surface area contributed by atoms with Crippen molar-refractivity contribution in [3.8, 4) is 5.75 Å². The molecule has 4 N–H and O–H groups in total. The summed E-state index contributed by atoms with van der Waals surface area (Å²) in [5, 5.41) is 13.0. The van der Waals surface area contributed by atoms with E-state index < -0.39 is 12.1 Å².